The summed E-state index contributed by atoms with van der Waals surface area (Å²) in [4.78, 5) is 0. The zero-order valence-electron chi connectivity index (χ0n) is 9.71. The van der Waals surface area contributed by atoms with Crippen LogP contribution in [0.4, 0.5) is 0 Å². The molecule has 0 heterocycles. The van der Waals surface area contributed by atoms with Gasteiger partial charge in [0.05, 0.1) is 12.1 Å². The highest BCUT2D eigenvalue weighted by Gasteiger charge is 2.13. The molecule has 0 radical (unpaired) electrons. The van der Waals surface area contributed by atoms with Crippen LogP contribution in [0.1, 0.15) is 25.3 Å². The SMILES string of the molecule is C#CCOc1c(Cl)cc(C(C)C)cc1OC. The first-order chi connectivity index (χ1) is 7.60. The average Bonchev–Trinajstić information content (AvgIpc) is 2.26. The van der Waals surface area contributed by atoms with E-state index >= 15 is 0 Å². The highest BCUT2D eigenvalue weighted by Crippen LogP contribution is 2.38. The second-order valence-corrected chi connectivity index (χ2v) is 4.09. The van der Waals surface area contributed by atoms with Gasteiger partial charge >= 0.3 is 0 Å². The fraction of sp³-hybridized carbons (Fsp3) is 0.385. The Morgan fingerprint density at radius 3 is 2.62 bits per heavy atom. The minimum absolute atomic E-state index is 0.178. The molecule has 0 fully saturated rings. The Bertz CT molecular complexity index is 405. The van der Waals surface area contributed by atoms with Crippen molar-refractivity contribution >= 4 is 11.6 Å². The van der Waals surface area contributed by atoms with Crippen LogP contribution in [-0.2, 0) is 0 Å². The zero-order valence-corrected chi connectivity index (χ0v) is 10.5. The van der Waals surface area contributed by atoms with Crippen molar-refractivity contribution in [3.8, 4) is 23.8 Å². The maximum absolute atomic E-state index is 6.12. The summed E-state index contributed by atoms with van der Waals surface area (Å²) in [6.07, 6.45) is 5.14. The van der Waals surface area contributed by atoms with Crippen LogP contribution < -0.4 is 9.47 Å². The standard InChI is InChI=1S/C13H15ClO2/c1-5-6-16-13-11(14)7-10(9(2)3)8-12(13)15-4/h1,7-9H,6H2,2-4H3. The molecule has 1 aromatic carbocycles. The molecule has 0 saturated carbocycles. The quantitative estimate of drug-likeness (QED) is 0.748. The van der Waals surface area contributed by atoms with Gasteiger partial charge in [0, 0.05) is 0 Å². The Balaban J connectivity index is 3.13. The van der Waals surface area contributed by atoms with E-state index in [1.807, 2.05) is 12.1 Å². The first kappa shape index (κ1) is 12.7. The van der Waals surface area contributed by atoms with Crippen LogP contribution in [0.5, 0.6) is 11.5 Å². The van der Waals surface area contributed by atoms with Gasteiger partial charge in [-0.2, -0.15) is 0 Å². The molecule has 0 bridgehead atoms. The van der Waals surface area contributed by atoms with Gasteiger partial charge in [-0.3, -0.25) is 0 Å². The van der Waals surface area contributed by atoms with Gasteiger partial charge in [-0.1, -0.05) is 31.4 Å². The van der Waals surface area contributed by atoms with Crippen molar-refractivity contribution in [3.05, 3.63) is 22.7 Å². The summed E-state index contributed by atoms with van der Waals surface area (Å²) in [6.45, 7) is 4.36. The molecule has 86 valence electrons. The molecular formula is C13H15ClO2. The predicted molar refractivity (Wildman–Crippen MR) is 66.4 cm³/mol. The van der Waals surface area contributed by atoms with Crippen molar-refractivity contribution in [1.29, 1.82) is 0 Å². The largest absolute Gasteiger partial charge is 0.493 e. The summed E-state index contributed by atoms with van der Waals surface area (Å²) in [5, 5.41) is 0.526. The molecule has 0 N–H and O–H groups in total. The third-order valence-corrected chi connectivity index (χ3v) is 2.50. The summed E-state index contributed by atoms with van der Waals surface area (Å²) in [5.74, 6) is 3.90. The normalized spacial score (nSPS) is 10.0. The van der Waals surface area contributed by atoms with Crippen LogP contribution in [0.15, 0.2) is 12.1 Å². The molecule has 0 amide bonds. The van der Waals surface area contributed by atoms with Crippen LogP contribution in [0.25, 0.3) is 0 Å². The van der Waals surface area contributed by atoms with E-state index in [2.05, 4.69) is 19.8 Å². The molecule has 16 heavy (non-hydrogen) atoms. The first-order valence-electron chi connectivity index (χ1n) is 5.03. The smallest absolute Gasteiger partial charge is 0.181 e. The number of methoxy groups -OCH3 is 1. The summed E-state index contributed by atoms with van der Waals surface area (Å²) >= 11 is 6.12. The fourth-order valence-corrected chi connectivity index (χ4v) is 1.60. The summed E-state index contributed by atoms with van der Waals surface area (Å²) in [5.41, 5.74) is 1.11. The molecule has 3 heteroatoms. The van der Waals surface area contributed by atoms with Crippen LogP contribution in [-0.4, -0.2) is 13.7 Å². The lowest BCUT2D eigenvalue weighted by Crippen LogP contribution is -1.99. The second-order valence-electron chi connectivity index (χ2n) is 3.68. The molecule has 2 nitrogen and oxygen atoms in total. The van der Waals surface area contributed by atoms with Crippen LogP contribution in [0, 0.1) is 12.3 Å². The van der Waals surface area contributed by atoms with Crippen molar-refractivity contribution in [3.63, 3.8) is 0 Å². The molecule has 0 atom stereocenters. The van der Waals surface area contributed by atoms with Crippen LogP contribution >= 0.6 is 11.6 Å². The van der Waals surface area contributed by atoms with Crippen molar-refractivity contribution in [2.45, 2.75) is 19.8 Å². The van der Waals surface area contributed by atoms with E-state index < -0.39 is 0 Å². The fourth-order valence-electron chi connectivity index (χ4n) is 1.33. The third-order valence-electron chi connectivity index (χ3n) is 2.22. The van der Waals surface area contributed by atoms with Gasteiger partial charge in [-0.25, -0.2) is 0 Å². The van der Waals surface area contributed by atoms with Crippen molar-refractivity contribution < 1.29 is 9.47 Å². The molecule has 0 unspecified atom stereocenters. The minimum Gasteiger partial charge on any atom is -0.493 e. The van der Waals surface area contributed by atoms with Gasteiger partial charge in [0.1, 0.15) is 6.61 Å². The number of terminal acetylenes is 1. The Morgan fingerprint density at radius 1 is 1.44 bits per heavy atom. The Hall–Kier alpha value is -1.33. The Labute approximate surface area is 102 Å². The molecule has 0 aliphatic carbocycles. The number of rotatable bonds is 4. The van der Waals surface area contributed by atoms with Gasteiger partial charge in [0.25, 0.3) is 0 Å². The minimum atomic E-state index is 0.178. The number of ether oxygens (including phenoxy) is 2. The lowest BCUT2D eigenvalue weighted by molar-refractivity contribution is 0.331. The molecular weight excluding hydrogens is 224 g/mol. The van der Waals surface area contributed by atoms with E-state index in [4.69, 9.17) is 27.5 Å². The summed E-state index contributed by atoms with van der Waals surface area (Å²) < 4.78 is 10.6. The van der Waals surface area contributed by atoms with E-state index in [9.17, 15) is 0 Å². The van der Waals surface area contributed by atoms with E-state index in [1.165, 1.54) is 0 Å². The van der Waals surface area contributed by atoms with E-state index in [1.54, 1.807) is 7.11 Å². The third kappa shape index (κ3) is 2.84. The van der Waals surface area contributed by atoms with Crippen molar-refractivity contribution in [2.24, 2.45) is 0 Å². The molecule has 0 aliphatic heterocycles. The number of benzene rings is 1. The number of halogens is 1. The number of hydrogen-bond donors (Lipinski definition) is 0. The lowest BCUT2D eigenvalue weighted by atomic mass is 10.0. The van der Waals surface area contributed by atoms with Gasteiger partial charge in [-0.15, -0.1) is 6.42 Å². The molecule has 0 spiro atoms. The summed E-state index contributed by atoms with van der Waals surface area (Å²) in [6, 6.07) is 3.79. The highest BCUT2D eigenvalue weighted by atomic mass is 35.5. The highest BCUT2D eigenvalue weighted by molar-refractivity contribution is 6.32. The zero-order chi connectivity index (χ0) is 12.1. The number of hydrogen-bond acceptors (Lipinski definition) is 2. The topological polar surface area (TPSA) is 18.5 Å². The Kier molecular flexibility index (Phi) is 4.52. The molecule has 1 rings (SSSR count). The average molecular weight is 239 g/mol. The predicted octanol–water partition coefficient (Wildman–Crippen LogP) is 3.48. The monoisotopic (exact) mass is 238 g/mol. The van der Waals surface area contributed by atoms with E-state index in [0.29, 0.717) is 22.4 Å². The van der Waals surface area contributed by atoms with Crippen LogP contribution in [0.2, 0.25) is 5.02 Å². The van der Waals surface area contributed by atoms with Gasteiger partial charge in [-0.05, 0) is 23.6 Å². The maximum atomic E-state index is 6.12. The molecule has 0 aromatic heterocycles. The molecule has 0 saturated heterocycles. The molecule has 1 aromatic rings. The lowest BCUT2D eigenvalue weighted by Gasteiger charge is -2.14. The van der Waals surface area contributed by atoms with Crippen LogP contribution in [0.3, 0.4) is 0 Å². The first-order valence-corrected chi connectivity index (χ1v) is 5.41. The maximum Gasteiger partial charge on any atom is 0.181 e. The van der Waals surface area contributed by atoms with Gasteiger partial charge in [0.15, 0.2) is 11.5 Å². The second kappa shape index (κ2) is 5.67. The van der Waals surface area contributed by atoms with E-state index in [0.717, 1.165) is 5.56 Å². The van der Waals surface area contributed by atoms with E-state index in [-0.39, 0.29) is 6.61 Å². The summed E-state index contributed by atoms with van der Waals surface area (Å²) in [7, 11) is 1.58. The Morgan fingerprint density at radius 2 is 2.12 bits per heavy atom. The molecule has 0 aliphatic rings. The van der Waals surface area contributed by atoms with Gasteiger partial charge < -0.3 is 9.47 Å². The van der Waals surface area contributed by atoms with Crippen molar-refractivity contribution in [1.82, 2.24) is 0 Å². The van der Waals surface area contributed by atoms with Gasteiger partial charge in [0.2, 0.25) is 0 Å². The van der Waals surface area contributed by atoms with Crippen molar-refractivity contribution in [2.75, 3.05) is 13.7 Å².